The van der Waals surface area contributed by atoms with E-state index < -0.39 is 34.2 Å². The fourth-order valence-corrected chi connectivity index (χ4v) is 1.70. The number of hydrogen-bond acceptors (Lipinski definition) is 16. The summed E-state index contributed by atoms with van der Waals surface area (Å²) >= 11 is 0. The Hall–Kier alpha value is -2.83. The maximum absolute atomic E-state index is 11.1. The Kier molecular flexibility index (Phi) is 35.9. The Balaban J connectivity index is -0.000000259. The number of carboxylic acids is 1. The SMILES string of the molecule is CB(O)NCC(=O)NCNC(=O)CN.CB(O)NCC(=O)NCNC(=O)CNB(C)O.CB(O)NCC(=O)O.NCN. The number of nitrogens with one attached hydrogen (secondary N) is 8. The molecule has 0 aliphatic heterocycles. The van der Waals surface area contributed by atoms with Crippen molar-refractivity contribution in [2.45, 2.75) is 27.3 Å². The van der Waals surface area contributed by atoms with Crippen molar-refractivity contribution in [1.29, 1.82) is 0 Å². The van der Waals surface area contributed by atoms with Crippen LogP contribution in [-0.4, -0.2) is 136 Å². The van der Waals surface area contributed by atoms with Crippen molar-refractivity contribution in [2.24, 2.45) is 17.2 Å². The van der Waals surface area contributed by atoms with E-state index in [1.54, 1.807) is 0 Å². The lowest BCUT2D eigenvalue weighted by Gasteiger charge is -2.09. The maximum Gasteiger partial charge on any atom is 0.374 e. The summed E-state index contributed by atoms with van der Waals surface area (Å²) in [6, 6.07) is 0. The zero-order valence-corrected chi connectivity index (χ0v) is 24.5. The molecule has 0 fully saturated rings. The van der Waals surface area contributed by atoms with Gasteiger partial charge in [-0.1, -0.05) is 0 Å². The number of amides is 4. The van der Waals surface area contributed by atoms with Gasteiger partial charge in [0.15, 0.2) is 0 Å². The predicted octanol–water partition coefficient (Wildman–Crippen LogP) is -8.96. The van der Waals surface area contributed by atoms with Crippen LogP contribution < -0.4 is 59.4 Å². The number of carbonyl (C=O) groups excluding carboxylic acids is 4. The summed E-state index contributed by atoms with van der Waals surface area (Å²) in [5, 5.41) is 62.3. The Morgan fingerprint density at radius 2 is 0.762 bits per heavy atom. The molecule has 0 atom stereocenters. The minimum absolute atomic E-state index is 0.000641. The van der Waals surface area contributed by atoms with Crippen LogP contribution in [0, 0.1) is 0 Å². The summed E-state index contributed by atoms with van der Waals surface area (Å²) in [6.07, 6.45) is 0. The molecule has 25 heteroatoms. The Morgan fingerprint density at radius 1 is 0.524 bits per heavy atom. The second-order valence-corrected chi connectivity index (χ2v) is 7.81. The number of carbonyl (C=O) groups is 5. The Morgan fingerprint density at radius 3 is 0.952 bits per heavy atom. The molecule has 21 nitrogen and oxygen atoms in total. The molecule has 0 radical (unpaired) electrons. The summed E-state index contributed by atoms with van der Waals surface area (Å²) in [7, 11) is -3.00. The lowest BCUT2D eigenvalue weighted by molar-refractivity contribution is -0.135. The largest absolute Gasteiger partial charge is 0.480 e. The van der Waals surface area contributed by atoms with Crippen LogP contribution in [0.25, 0.3) is 0 Å². The van der Waals surface area contributed by atoms with Crippen molar-refractivity contribution in [2.75, 3.05) is 52.7 Å². The first-order valence-corrected chi connectivity index (χ1v) is 12.6. The molecule has 242 valence electrons. The zero-order valence-electron chi connectivity index (χ0n) is 24.5. The van der Waals surface area contributed by atoms with Gasteiger partial charge in [0.25, 0.3) is 0 Å². The Labute approximate surface area is 246 Å². The third kappa shape index (κ3) is 50.1. The van der Waals surface area contributed by atoms with Crippen LogP contribution in [0.4, 0.5) is 0 Å². The topological polar surface area (TPSA) is 361 Å². The van der Waals surface area contributed by atoms with Gasteiger partial charge in [-0.25, -0.2) is 0 Å². The minimum Gasteiger partial charge on any atom is -0.480 e. The molecule has 0 aromatic carbocycles. The average molecular weight is 609 g/mol. The van der Waals surface area contributed by atoms with Gasteiger partial charge >= 0.3 is 34.2 Å². The van der Waals surface area contributed by atoms with Crippen LogP contribution in [-0.2, 0) is 24.0 Å². The van der Waals surface area contributed by atoms with Gasteiger partial charge in [-0.3, -0.25) is 24.0 Å². The number of hydrogen-bond donors (Lipinski definition) is 16. The first-order valence-electron chi connectivity index (χ1n) is 12.6. The van der Waals surface area contributed by atoms with Crippen molar-refractivity contribution in [3.8, 4) is 0 Å². The van der Waals surface area contributed by atoms with Gasteiger partial charge in [0.2, 0.25) is 23.6 Å². The van der Waals surface area contributed by atoms with Crippen LogP contribution in [0.2, 0.25) is 27.3 Å². The van der Waals surface area contributed by atoms with E-state index in [0.29, 0.717) is 0 Å². The second-order valence-electron chi connectivity index (χ2n) is 7.81. The summed E-state index contributed by atoms with van der Waals surface area (Å²) < 4.78 is 0. The molecule has 19 N–H and O–H groups in total. The van der Waals surface area contributed by atoms with E-state index >= 15 is 0 Å². The van der Waals surface area contributed by atoms with Gasteiger partial charge in [-0.2, -0.15) is 0 Å². The molecule has 0 aromatic rings. The lowest BCUT2D eigenvalue weighted by Crippen LogP contribution is -2.46. The molecular formula is C17H47B4N11O10. The average Bonchev–Trinajstić information content (AvgIpc) is 2.89. The molecule has 0 unspecified atom stereocenters. The third-order valence-electron chi connectivity index (χ3n) is 3.55. The fraction of sp³-hybridized carbons (Fsp3) is 0.706. The molecule has 0 aromatic heterocycles. The van der Waals surface area contributed by atoms with E-state index in [4.69, 9.17) is 30.9 Å². The number of carboxylic acid groups (broad SMARTS) is 1. The number of nitrogens with two attached hydrogens (primary N) is 3. The van der Waals surface area contributed by atoms with Crippen LogP contribution >= 0.6 is 0 Å². The molecule has 0 aliphatic carbocycles. The van der Waals surface area contributed by atoms with Crippen molar-refractivity contribution in [3.05, 3.63) is 0 Å². The summed E-state index contributed by atoms with van der Waals surface area (Å²) in [5.74, 6) is -2.30. The first kappa shape index (κ1) is 46.1. The molecule has 42 heavy (non-hydrogen) atoms. The molecule has 0 saturated carbocycles. The highest BCUT2D eigenvalue weighted by molar-refractivity contribution is 6.46. The highest BCUT2D eigenvalue weighted by Gasteiger charge is 2.08. The van der Waals surface area contributed by atoms with Crippen LogP contribution in [0.15, 0.2) is 0 Å². The summed E-state index contributed by atoms with van der Waals surface area (Å²) in [4.78, 5) is 53.5. The maximum atomic E-state index is 11.1. The van der Waals surface area contributed by atoms with E-state index in [-0.39, 0.29) is 76.4 Å². The third-order valence-corrected chi connectivity index (χ3v) is 3.55. The number of aliphatic carboxylic acids is 1. The number of rotatable bonds is 17. The zero-order chi connectivity index (χ0) is 33.5. The van der Waals surface area contributed by atoms with Crippen molar-refractivity contribution >= 4 is 57.8 Å². The normalized spacial score (nSPS) is 9.12. The van der Waals surface area contributed by atoms with Crippen molar-refractivity contribution in [1.82, 2.24) is 42.2 Å². The van der Waals surface area contributed by atoms with Crippen LogP contribution in [0.1, 0.15) is 0 Å². The smallest absolute Gasteiger partial charge is 0.374 e. The molecule has 0 heterocycles. The predicted molar refractivity (Wildman–Crippen MR) is 160 cm³/mol. The van der Waals surface area contributed by atoms with Gasteiger partial charge < -0.3 is 84.6 Å². The molecular weight excluding hydrogens is 562 g/mol. The molecule has 4 amide bonds. The first-order chi connectivity index (χ1) is 19.5. The highest BCUT2D eigenvalue weighted by atomic mass is 16.4. The quantitative estimate of drug-likeness (QED) is 0.0538. The molecule has 0 rings (SSSR count). The Bertz CT molecular complexity index is 705. The minimum atomic E-state index is -0.967. The van der Waals surface area contributed by atoms with E-state index in [1.165, 1.54) is 27.3 Å². The van der Waals surface area contributed by atoms with Gasteiger partial charge in [-0.15, -0.1) is 0 Å². The van der Waals surface area contributed by atoms with E-state index in [2.05, 4.69) is 53.6 Å². The van der Waals surface area contributed by atoms with E-state index in [0.717, 1.165) is 0 Å². The summed E-state index contributed by atoms with van der Waals surface area (Å²) in [6.45, 7) is 5.88. The lowest BCUT2D eigenvalue weighted by atomic mass is 9.89. The fourth-order valence-electron chi connectivity index (χ4n) is 1.70. The molecule has 0 bridgehead atoms. The van der Waals surface area contributed by atoms with Crippen LogP contribution in [0.3, 0.4) is 0 Å². The van der Waals surface area contributed by atoms with Crippen molar-refractivity contribution in [3.63, 3.8) is 0 Å². The molecule has 0 aliphatic rings. The van der Waals surface area contributed by atoms with Gasteiger partial charge in [0, 0.05) is 6.67 Å². The second kappa shape index (κ2) is 32.7. The standard InChI is InChI=1S/C7H18B2N4O4.C6H15BN4O3.C3H8BNO3.CH6N2/c1-8(16)12-3-6(14)10-5-11-7(15)4-13-9(2)17;1-7(14)11-3-6(13)10-4-9-5(12)2-8;1-4(8)5-2-3(6)7;2-1-3/h12-13,16-17H,3-5H2,1-2H3,(H,10,14)(H,11,15);11,14H,2-4,8H2,1H3,(H,9,12)(H,10,13);5,8H,2H2,1H3,(H,6,7);1-3H2. The molecule has 0 saturated heterocycles. The molecule has 0 spiro atoms. The van der Waals surface area contributed by atoms with Crippen molar-refractivity contribution < 1.29 is 49.2 Å². The van der Waals surface area contributed by atoms with E-state index in [9.17, 15) is 24.0 Å². The van der Waals surface area contributed by atoms with Crippen LogP contribution in [0.5, 0.6) is 0 Å². The van der Waals surface area contributed by atoms with Gasteiger partial charge in [-0.05, 0) is 27.3 Å². The van der Waals surface area contributed by atoms with Gasteiger partial charge in [0.05, 0.1) is 46.1 Å². The monoisotopic (exact) mass is 609 g/mol. The van der Waals surface area contributed by atoms with E-state index in [1.807, 2.05) is 0 Å². The van der Waals surface area contributed by atoms with Gasteiger partial charge in [0.1, 0.15) is 0 Å². The summed E-state index contributed by atoms with van der Waals surface area (Å²) in [5.41, 5.74) is 14.3. The highest BCUT2D eigenvalue weighted by Crippen LogP contribution is 1.70.